The number of aliphatic carboxylic acids is 1. The van der Waals surface area contributed by atoms with Crippen molar-refractivity contribution in [3.05, 3.63) is 98.8 Å². The molecule has 0 spiro atoms. The number of carbonyl (C=O) groups excluding carboxylic acids is 3. The van der Waals surface area contributed by atoms with E-state index in [9.17, 15) is 34.4 Å². The van der Waals surface area contributed by atoms with E-state index in [1.807, 2.05) is 13.0 Å². The Morgan fingerprint density at radius 2 is 1.83 bits per heavy atom. The van der Waals surface area contributed by atoms with Crippen LogP contribution in [0.2, 0.25) is 5.15 Å². The van der Waals surface area contributed by atoms with Crippen molar-refractivity contribution >= 4 is 46.8 Å². The van der Waals surface area contributed by atoms with Gasteiger partial charge in [-0.05, 0) is 42.3 Å². The SMILES string of the molecule is Cc1cccc(NC(=O)N2CCN(C(=O)c3ccc(Cl)nc3)C2C(=O)NC(CC(=O)O)c2cccc([N+](=O)[O-])c2)c1. The van der Waals surface area contributed by atoms with Crippen molar-refractivity contribution in [1.29, 1.82) is 0 Å². The van der Waals surface area contributed by atoms with Crippen molar-refractivity contribution in [2.75, 3.05) is 18.4 Å². The molecular formula is C27H25ClN6O7. The zero-order chi connectivity index (χ0) is 29.7. The fourth-order valence-corrected chi connectivity index (χ4v) is 4.56. The Morgan fingerprint density at radius 1 is 1.10 bits per heavy atom. The fourth-order valence-electron chi connectivity index (χ4n) is 4.45. The van der Waals surface area contributed by atoms with Gasteiger partial charge in [0.25, 0.3) is 17.5 Å². The maximum absolute atomic E-state index is 13.8. The number of non-ortho nitro benzene ring substituents is 1. The van der Waals surface area contributed by atoms with Gasteiger partial charge in [-0.15, -0.1) is 0 Å². The molecule has 0 aliphatic carbocycles. The van der Waals surface area contributed by atoms with Gasteiger partial charge in [-0.25, -0.2) is 9.78 Å². The average molecular weight is 581 g/mol. The molecule has 1 aliphatic rings. The molecule has 1 aliphatic heterocycles. The molecular weight excluding hydrogens is 556 g/mol. The van der Waals surface area contributed by atoms with E-state index >= 15 is 0 Å². The number of nitro groups is 1. The number of hydrogen-bond acceptors (Lipinski definition) is 7. The molecule has 2 aromatic carbocycles. The number of amides is 4. The van der Waals surface area contributed by atoms with Gasteiger partial charge >= 0.3 is 12.0 Å². The number of pyridine rings is 1. The summed E-state index contributed by atoms with van der Waals surface area (Å²) in [7, 11) is 0. The van der Waals surface area contributed by atoms with Crippen molar-refractivity contribution < 1.29 is 29.2 Å². The third kappa shape index (κ3) is 6.94. The van der Waals surface area contributed by atoms with E-state index < -0.39 is 47.4 Å². The van der Waals surface area contributed by atoms with Crippen LogP contribution in [-0.4, -0.2) is 67.9 Å². The molecule has 0 bridgehead atoms. The number of nitrogens with one attached hydrogen (secondary N) is 2. The lowest BCUT2D eigenvalue weighted by Gasteiger charge is -2.30. The van der Waals surface area contributed by atoms with Gasteiger partial charge in [-0.3, -0.25) is 29.4 Å². The number of aromatic nitrogens is 1. The van der Waals surface area contributed by atoms with Crippen LogP contribution in [0.25, 0.3) is 0 Å². The Morgan fingerprint density at radius 3 is 2.49 bits per heavy atom. The normalized spacial score (nSPS) is 15.2. The molecule has 41 heavy (non-hydrogen) atoms. The minimum atomic E-state index is -1.47. The quantitative estimate of drug-likeness (QED) is 0.206. The van der Waals surface area contributed by atoms with Gasteiger partial charge in [-0.2, -0.15) is 0 Å². The molecule has 1 aromatic heterocycles. The lowest BCUT2D eigenvalue weighted by molar-refractivity contribution is -0.384. The highest BCUT2D eigenvalue weighted by molar-refractivity contribution is 6.29. The summed E-state index contributed by atoms with van der Waals surface area (Å²) in [5, 5.41) is 26.2. The van der Waals surface area contributed by atoms with E-state index in [2.05, 4.69) is 15.6 Å². The third-order valence-electron chi connectivity index (χ3n) is 6.35. The van der Waals surface area contributed by atoms with Crippen molar-refractivity contribution in [3.8, 4) is 0 Å². The summed E-state index contributed by atoms with van der Waals surface area (Å²) in [4.78, 5) is 69.1. The summed E-state index contributed by atoms with van der Waals surface area (Å²) in [6.07, 6.45) is -0.840. The molecule has 13 nitrogen and oxygen atoms in total. The van der Waals surface area contributed by atoms with Gasteiger partial charge in [0.1, 0.15) is 5.15 Å². The van der Waals surface area contributed by atoms with Gasteiger partial charge in [0, 0.05) is 37.1 Å². The first-order valence-electron chi connectivity index (χ1n) is 12.4. The molecule has 0 radical (unpaired) electrons. The molecule has 1 saturated heterocycles. The molecule has 2 atom stereocenters. The Hall–Kier alpha value is -5.04. The van der Waals surface area contributed by atoms with Crippen molar-refractivity contribution in [2.24, 2.45) is 0 Å². The number of carbonyl (C=O) groups is 4. The summed E-state index contributed by atoms with van der Waals surface area (Å²) < 4.78 is 0. The minimum Gasteiger partial charge on any atom is -0.481 e. The van der Waals surface area contributed by atoms with Crippen LogP contribution in [-0.2, 0) is 9.59 Å². The van der Waals surface area contributed by atoms with Crippen LogP contribution < -0.4 is 10.6 Å². The van der Waals surface area contributed by atoms with Crippen LogP contribution in [0.15, 0.2) is 66.9 Å². The molecule has 2 unspecified atom stereocenters. The van der Waals surface area contributed by atoms with Crippen LogP contribution >= 0.6 is 11.6 Å². The second-order valence-electron chi connectivity index (χ2n) is 9.25. The molecule has 14 heteroatoms. The smallest absolute Gasteiger partial charge is 0.323 e. The summed E-state index contributed by atoms with van der Waals surface area (Å²) in [6.45, 7) is 1.82. The molecule has 4 rings (SSSR count). The first kappa shape index (κ1) is 29.0. The third-order valence-corrected chi connectivity index (χ3v) is 6.57. The number of benzene rings is 2. The van der Waals surface area contributed by atoms with Crippen LogP contribution in [0.1, 0.15) is 33.9 Å². The molecule has 212 valence electrons. The van der Waals surface area contributed by atoms with Crippen molar-refractivity contribution in [2.45, 2.75) is 25.6 Å². The zero-order valence-corrected chi connectivity index (χ0v) is 22.4. The predicted octanol–water partition coefficient (Wildman–Crippen LogP) is 3.60. The molecule has 0 saturated carbocycles. The van der Waals surface area contributed by atoms with Crippen molar-refractivity contribution in [1.82, 2.24) is 20.1 Å². The highest BCUT2D eigenvalue weighted by atomic mass is 35.5. The van der Waals surface area contributed by atoms with Crippen LogP contribution in [0, 0.1) is 17.0 Å². The van der Waals surface area contributed by atoms with E-state index in [-0.39, 0.29) is 35.1 Å². The topological polar surface area (TPSA) is 175 Å². The zero-order valence-electron chi connectivity index (χ0n) is 21.7. The Bertz CT molecular complexity index is 1500. The number of aryl methyl sites for hydroxylation is 1. The van der Waals surface area contributed by atoms with Crippen molar-refractivity contribution in [3.63, 3.8) is 0 Å². The molecule has 1 fully saturated rings. The molecule has 4 amide bonds. The minimum absolute atomic E-state index is 0.0110. The van der Waals surface area contributed by atoms with Gasteiger partial charge in [0.15, 0.2) is 6.17 Å². The van der Waals surface area contributed by atoms with Crippen LogP contribution in [0.4, 0.5) is 16.2 Å². The number of nitrogens with zero attached hydrogens (tertiary/aromatic N) is 4. The van der Waals surface area contributed by atoms with E-state index in [0.29, 0.717) is 5.69 Å². The number of urea groups is 1. The standard InChI is InChI=1S/C27H25ClN6O7/c1-16-4-2-6-19(12-16)30-27(39)33-11-10-32(26(38)18-8-9-22(28)29-15-18)25(33)24(37)31-21(14-23(35)36)17-5-3-7-20(13-17)34(40)41/h2-9,12-13,15,21,25H,10-11,14H2,1H3,(H,30,39)(H,31,37)(H,35,36). The second kappa shape index (κ2) is 12.4. The second-order valence-corrected chi connectivity index (χ2v) is 9.63. The number of carboxylic acids is 1. The first-order chi connectivity index (χ1) is 19.5. The summed E-state index contributed by atoms with van der Waals surface area (Å²) in [5.74, 6) is -2.73. The molecule has 2 heterocycles. The van der Waals surface area contributed by atoms with E-state index in [4.69, 9.17) is 11.6 Å². The van der Waals surface area contributed by atoms with Gasteiger partial charge < -0.3 is 20.6 Å². The van der Waals surface area contributed by atoms with Gasteiger partial charge in [0.2, 0.25) is 0 Å². The summed E-state index contributed by atoms with van der Waals surface area (Å²) in [5.41, 5.74) is 1.36. The average Bonchev–Trinajstić information content (AvgIpc) is 3.38. The number of halogens is 1. The monoisotopic (exact) mass is 580 g/mol. The molecule has 3 N–H and O–H groups in total. The lowest BCUT2D eigenvalue weighted by Crippen LogP contribution is -2.55. The maximum Gasteiger partial charge on any atom is 0.323 e. The lowest BCUT2D eigenvalue weighted by atomic mass is 10.0. The first-order valence-corrected chi connectivity index (χ1v) is 12.7. The van der Waals surface area contributed by atoms with E-state index in [1.54, 1.807) is 18.2 Å². The van der Waals surface area contributed by atoms with Crippen LogP contribution in [0.5, 0.6) is 0 Å². The van der Waals surface area contributed by atoms with E-state index in [1.165, 1.54) is 41.4 Å². The van der Waals surface area contributed by atoms with Crippen LogP contribution in [0.3, 0.4) is 0 Å². The van der Waals surface area contributed by atoms with Gasteiger partial charge in [0.05, 0.1) is 22.9 Å². The van der Waals surface area contributed by atoms with E-state index in [0.717, 1.165) is 16.5 Å². The maximum atomic E-state index is 13.8. The Labute approximate surface area is 238 Å². The van der Waals surface area contributed by atoms with Gasteiger partial charge in [-0.1, -0.05) is 35.9 Å². The number of anilines is 1. The highest BCUT2D eigenvalue weighted by Crippen LogP contribution is 2.25. The number of rotatable bonds is 8. The molecule has 3 aromatic rings. The number of hydrogen-bond donors (Lipinski definition) is 3. The predicted molar refractivity (Wildman–Crippen MR) is 147 cm³/mol. The fraction of sp³-hybridized carbons (Fsp3) is 0.222. The largest absolute Gasteiger partial charge is 0.481 e. The Balaban J connectivity index is 1.66. The number of nitro benzene ring substituents is 1. The Kier molecular flexibility index (Phi) is 8.78. The summed E-state index contributed by atoms with van der Waals surface area (Å²) >= 11 is 5.84. The highest BCUT2D eigenvalue weighted by Gasteiger charge is 2.44. The number of carboxylic acid groups (broad SMARTS) is 1. The summed E-state index contributed by atoms with van der Waals surface area (Å²) in [6, 6.07) is 13.2.